The Labute approximate surface area is 179 Å². The Morgan fingerprint density at radius 1 is 1.19 bits per heavy atom. The van der Waals surface area contributed by atoms with Gasteiger partial charge in [0.15, 0.2) is 12.1 Å². The number of carbonyl (C=O) groups is 1. The van der Waals surface area contributed by atoms with Crippen LogP contribution >= 0.6 is 0 Å². The summed E-state index contributed by atoms with van der Waals surface area (Å²) in [6.07, 6.45) is 5.81. The summed E-state index contributed by atoms with van der Waals surface area (Å²) in [6, 6.07) is 7.00. The van der Waals surface area contributed by atoms with Gasteiger partial charge in [0, 0.05) is 24.0 Å². The zero-order valence-corrected chi connectivity index (χ0v) is 17.7. The van der Waals surface area contributed by atoms with Crippen LogP contribution in [-0.4, -0.2) is 64.8 Å². The highest BCUT2D eigenvalue weighted by molar-refractivity contribution is 5.97. The number of aromatic nitrogens is 6. The molecule has 1 saturated heterocycles. The summed E-state index contributed by atoms with van der Waals surface area (Å²) in [6.45, 7) is 5.79. The average Bonchev–Trinajstić information content (AvgIpc) is 3.29. The number of pyridine rings is 2. The van der Waals surface area contributed by atoms with Gasteiger partial charge in [-0.2, -0.15) is 0 Å². The predicted octanol–water partition coefficient (Wildman–Crippen LogP) is 1.75. The van der Waals surface area contributed by atoms with Crippen molar-refractivity contribution < 1.29 is 14.6 Å². The summed E-state index contributed by atoms with van der Waals surface area (Å²) in [4.78, 5) is 25.0. The summed E-state index contributed by atoms with van der Waals surface area (Å²) in [7, 11) is 0. The van der Waals surface area contributed by atoms with Gasteiger partial charge in [-0.05, 0) is 63.1 Å². The Hall–Kier alpha value is -3.40. The van der Waals surface area contributed by atoms with Crippen molar-refractivity contribution in [1.29, 1.82) is 0 Å². The maximum atomic E-state index is 13.4. The SMILES string of the molecule is C[C@@H]1CC[C@@H](Oc2ncccc2C(C)(C)O)CN1C(=O)c1cccnc1-n1ncnn1. The van der Waals surface area contributed by atoms with Crippen molar-refractivity contribution in [1.82, 2.24) is 35.1 Å². The van der Waals surface area contributed by atoms with E-state index in [-0.39, 0.29) is 18.1 Å². The van der Waals surface area contributed by atoms with Crippen molar-refractivity contribution >= 4 is 5.91 Å². The summed E-state index contributed by atoms with van der Waals surface area (Å²) in [5, 5.41) is 22.0. The van der Waals surface area contributed by atoms with Gasteiger partial charge in [0.1, 0.15) is 6.10 Å². The molecule has 0 saturated carbocycles. The Morgan fingerprint density at radius 3 is 2.71 bits per heavy atom. The molecule has 0 unspecified atom stereocenters. The number of ether oxygens (including phenoxy) is 1. The molecule has 0 bridgehead atoms. The number of carbonyl (C=O) groups excluding carboxylic acids is 1. The summed E-state index contributed by atoms with van der Waals surface area (Å²) in [5.41, 5.74) is -0.0856. The van der Waals surface area contributed by atoms with E-state index in [9.17, 15) is 9.90 Å². The fourth-order valence-corrected chi connectivity index (χ4v) is 3.70. The minimum atomic E-state index is -1.09. The minimum absolute atomic E-state index is 0.0293. The van der Waals surface area contributed by atoms with E-state index in [1.165, 1.54) is 11.1 Å². The molecule has 1 amide bonds. The maximum Gasteiger partial charge on any atom is 0.258 e. The van der Waals surface area contributed by atoms with Crippen molar-refractivity contribution in [3.05, 3.63) is 54.1 Å². The highest BCUT2D eigenvalue weighted by Crippen LogP contribution is 2.30. The molecule has 4 heterocycles. The number of aliphatic hydroxyl groups is 1. The largest absolute Gasteiger partial charge is 0.472 e. The van der Waals surface area contributed by atoms with Gasteiger partial charge in [-0.25, -0.2) is 9.97 Å². The number of hydrogen-bond donors (Lipinski definition) is 1. The molecule has 10 heteroatoms. The van der Waals surface area contributed by atoms with Gasteiger partial charge < -0.3 is 14.7 Å². The van der Waals surface area contributed by atoms with Crippen LogP contribution in [0.4, 0.5) is 0 Å². The summed E-state index contributed by atoms with van der Waals surface area (Å²) >= 11 is 0. The second-order valence-corrected chi connectivity index (χ2v) is 8.14. The third-order valence-corrected chi connectivity index (χ3v) is 5.36. The number of amides is 1. The van der Waals surface area contributed by atoms with E-state index in [0.29, 0.717) is 29.4 Å². The lowest BCUT2D eigenvalue weighted by molar-refractivity contribution is 0.0325. The zero-order chi connectivity index (χ0) is 22.0. The van der Waals surface area contributed by atoms with Gasteiger partial charge in [0.05, 0.1) is 17.7 Å². The highest BCUT2D eigenvalue weighted by Gasteiger charge is 2.33. The van der Waals surface area contributed by atoms with Crippen LogP contribution in [0.5, 0.6) is 5.88 Å². The Balaban J connectivity index is 1.57. The number of tetrazole rings is 1. The fraction of sp³-hybridized carbons (Fsp3) is 0.429. The van der Waals surface area contributed by atoms with Crippen LogP contribution in [0.25, 0.3) is 5.82 Å². The van der Waals surface area contributed by atoms with Crippen LogP contribution < -0.4 is 4.74 Å². The topological polar surface area (TPSA) is 119 Å². The first kappa shape index (κ1) is 20.9. The molecule has 31 heavy (non-hydrogen) atoms. The zero-order valence-electron chi connectivity index (χ0n) is 17.7. The van der Waals surface area contributed by atoms with Crippen molar-refractivity contribution in [3.63, 3.8) is 0 Å². The number of nitrogens with zero attached hydrogens (tertiary/aromatic N) is 7. The van der Waals surface area contributed by atoms with E-state index < -0.39 is 5.60 Å². The lowest BCUT2D eigenvalue weighted by Gasteiger charge is -2.38. The quantitative estimate of drug-likeness (QED) is 0.659. The van der Waals surface area contributed by atoms with E-state index >= 15 is 0 Å². The summed E-state index contributed by atoms with van der Waals surface area (Å²) < 4.78 is 6.16. The van der Waals surface area contributed by atoms with Crippen LogP contribution in [0, 0.1) is 0 Å². The average molecular weight is 423 g/mol. The van der Waals surface area contributed by atoms with Crippen molar-refractivity contribution in [2.45, 2.75) is 51.4 Å². The van der Waals surface area contributed by atoms with Crippen LogP contribution in [-0.2, 0) is 5.60 Å². The monoisotopic (exact) mass is 423 g/mol. The summed E-state index contributed by atoms with van der Waals surface area (Å²) in [5.74, 6) is 0.537. The van der Waals surface area contributed by atoms with Crippen LogP contribution in [0.3, 0.4) is 0 Å². The van der Waals surface area contributed by atoms with Crippen LogP contribution in [0.1, 0.15) is 49.5 Å². The molecule has 0 aliphatic carbocycles. The Morgan fingerprint density at radius 2 is 1.97 bits per heavy atom. The third-order valence-electron chi connectivity index (χ3n) is 5.36. The Kier molecular flexibility index (Phi) is 5.64. The molecule has 3 aromatic rings. The molecule has 0 aromatic carbocycles. The number of hydrogen-bond acceptors (Lipinski definition) is 8. The van der Waals surface area contributed by atoms with Crippen LogP contribution in [0.2, 0.25) is 0 Å². The molecule has 1 N–H and O–H groups in total. The lowest BCUT2D eigenvalue weighted by atomic mass is 9.98. The second-order valence-electron chi connectivity index (χ2n) is 8.14. The number of likely N-dealkylation sites (tertiary alicyclic amines) is 1. The molecular formula is C21H25N7O3. The van der Waals surface area contributed by atoms with Gasteiger partial charge in [0.25, 0.3) is 5.91 Å². The van der Waals surface area contributed by atoms with E-state index in [4.69, 9.17) is 4.74 Å². The lowest BCUT2D eigenvalue weighted by Crippen LogP contribution is -2.49. The fourth-order valence-electron chi connectivity index (χ4n) is 3.70. The predicted molar refractivity (Wildman–Crippen MR) is 111 cm³/mol. The standard InChI is InChI=1S/C21H25N7O3/c1-14-8-9-15(31-19-17(21(2,3)30)7-5-11-23-19)12-27(14)20(29)16-6-4-10-22-18(16)28-25-13-24-26-28/h4-7,10-11,13-15,30H,8-9,12H2,1-3H3/t14-,15-/m1/s1. The van der Waals surface area contributed by atoms with Crippen molar-refractivity contribution in [2.75, 3.05) is 6.54 Å². The van der Waals surface area contributed by atoms with Gasteiger partial charge in [0.2, 0.25) is 5.88 Å². The molecule has 4 rings (SSSR count). The normalized spacial score (nSPS) is 19.3. The molecule has 0 radical (unpaired) electrons. The van der Waals surface area contributed by atoms with E-state index in [2.05, 4.69) is 25.4 Å². The van der Waals surface area contributed by atoms with E-state index in [1.807, 2.05) is 6.92 Å². The smallest absolute Gasteiger partial charge is 0.258 e. The molecule has 3 aromatic heterocycles. The maximum absolute atomic E-state index is 13.4. The van der Waals surface area contributed by atoms with Crippen molar-refractivity contribution in [2.24, 2.45) is 0 Å². The molecule has 2 atom stereocenters. The second kappa shape index (κ2) is 8.38. The molecule has 162 valence electrons. The first-order chi connectivity index (χ1) is 14.8. The molecule has 1 aliphatic heterocycles. The van der Waals surface area contributed by atoms with E-state index in [1.54, 1.807) is 55.4 Å². The minimum Gasteiger partial charge on any atom is -0.472 e. The Bertz CT molecular complexity index is 1050. The van der Waals surface area contributed by atoms with E-state index in [0.717, 1.165) is 12.8 Å². The van der Waals surface area contributed by atoms with Gasteiger partial charge >= 0.3 is 0 Å². The molecular weight excluding hydrogens is 398 g/mol. The molecule has 10 nitrogen and oxygen atoms in total. The first-order valence-corrected chi connectivity index (χ1v) is 10.2. The van der Waals surface area contributed by atoms with Crippen LogP contribution in [0.15, 0.2) is 43.0 Å². The first-order valence-electron chi connectivity index (χ1n) is 10.2. The number of rotatable bonds is 5. The van der Waals surface area contributed by atoms with Gasteiger partial charge in [-0.15, -0.1) is 15.0 Å². The molecule has 1 aliphatic rings. The van der Waals surface area contributed by atoms with Crippen molar-refractivity contribution in [3.8, 4) is 11.7 Å². The molecule has 1 fully saturated rings. The van der Waals surface area contributed by atoms with Gasteiger partial charge in [-0.3, -0.25) is 4.79 Å². The number of piperidine rings is 1. The highest BCUT2D eigenvalue weighted by atomic mass is 16.5. The molecule has 0 spiro atoms. The third kappa shape index (κ3) is 4.38. The van der Waals surface area contributed by atoms with Gasteiger partial charge in [-0.1, -0.05) is 0 Å².